The summed E-state index contributed by atoms with van der Waals surface area (Å²) in [6.45, 7) is 2.62. The maximum Gasteiger partial charge on any atom is 0.242 e. The van der Waals surface area contributed by atoms with Crippen molar-refractivity contribution in [3.63, 3.8) is 0 Å². The number of benzene rings is 1. The van der Waals surface area contributed by atoms with Crippen LogP contribution in [0.2, 0.25) is 0 Å². The molecule has 6 heteroatoms. The lowest BCUT2D eigenvalue weighted by Crippen LogP contribution is -2.49. The largest absolute Gasteiger partial charge is 0.371 e. The first-order chi connectivity index (χ1) is 8.45. The van der Waals surface area contributed by atoms with Gasteiger partial charge >= 0.3 is 0 Å². The molecule has 2 N–H and O–H groups in total. The molecule has 5 nitrogen and oxygen atoms in total. The second kappa shape index (κ2) is 4.87. The van der Waals surface area contributed by atoms with E-state index in [1.807, 2.05) is 12.1 Å². The van der Waals surface area contributed by atoms with Crippen molar-refractivity contribution in [2.24, 2.45) is 11.7 Å². The molecule has 1 heterocycles. The third-order valence-electron chi connectivity index (χ3n) is 3.27. The number of nitrogens with two attached hydrogens (primary N) is 1. The number of sulfonamides is 1. The first kappa shape index (κ1) is 13.3. The molecule has 0 aromatic heterocycles. The fraction of sp³-hybridized carbons (Fsp3) is 0.500. The van der Waals surface area contributed by atoms with E-state index in [-0.39, 0.29) is 0 Å². The van der Waals surface area contributed by atoms with Crippen LogP contribution in [0.15, 0.2) is 29.2 Å². The lowest BCUT2D eigenvalue weighted by Gasteiger charge is -2.40. The Morgan fingerprint density at radius 3 is 2.28 bits per heavy atom. The van der Waals surface area contributed by atoms with Gasteiger partial charge in [-0.2, -0.15) is 0 Å². The molecule has 0 radical (unpaired) electrons. The highest BCUT2D eigenvalue weighted by atomic mass is 32.2. The molecule has 0 aliphatic carbocycles. The SMILES string of the molecule is CN(C)S(=O)(=O)c1ccc(N2CC(CN)C2)cc1. The molecule has 18 heavy (non-hydrogen) atoms. The van der Waals surface area contributed by atoms with Gasteiger partial charge in [-0.15, -0.1) is 0 Å². The molecule has 0 bridgehead atoms. The summed E-state index contributed by atoms with van der Waals surface area (Å²) in [6.07, 6.45) is 0. The summed E-state index contributed by atoms with van der Waals surface area (Å²) < 4.78 is 25.0. The second-order valence-corrected chi connectivity index (χ2v) is 6.94. The molecule has 100 valence electrons. The van der Waals surface area contributed by atoms with Gasteiger partial charge in [0.2, 0.25) is 10.0 Å². The van der Waals surface area contributed by atoms with Gasteiger partial charge in [0.1, 0.15) is 0 Å². The highest BCUT2D eigenvalue weighted by Gasteiger charge is 2.25. The van der Waals surface area contributed by atoms with Crippen LogP contribution < -0.4 is 10.6 Å². The quantitative estimate of drug-likeness (QED) is 0.855. The van der Waals surface area contributed by atoms with Gasteiger partial charge in [0.15, 0.2) is 0 Å². The van der Waals surface area contributed by atoms with Gasteiger partial charge in [0, 0.05) is 38.8 Å². The smallest absolute Gasteiger partial charge is 0.242 e. The van der Waals surface area contributed by atoms with Gasteiger partial charge in [0.25, 0.3) is 0 Å². The maximum absolute atomic E-state index is 11.9. The Bertz CT molecular complexity index is 505. The van der Waals surface area contributed by atoms with Gasteiger partial charge in [-0.25, -0.2) is 12.7 Å². The van der Waals surface area contributed by atoms with E-state index in [1.54, 1.807) is 12.1 Å². The Kier molecular flexibility index (Phi) is 3.61. The van der Waals surface area contributed by atoms with Crippen molar-refractivity contribution in [2.75, 3.05) is 38.6 Å². The summed E-state index contributed by atoms with van der Waals surface area (Å²) in [5.41, 5.74) is 6.63. The molecule has 0 unspecified atom stereocenters. The molecule has 0 atom stereocenters. The summed E-state index contributed by atoms with van der Waals surface area (Å²) in [5.74, 6) is 0.565. The van der Waals surface area contributed by atoms with Crippen LogP contribution in [0.1, 0.15) is 0 Å². The standard InChI is InChI=1S/C12H19N3O2S/c1-14(2)18(16,17)12-5-3-11(4-6-12)15-8-10(7-13)9-15/h3-6,10H,7-9,13H2,1-2H3. The van der Waals surface area contributed by atoms with Gasteiger partial charge in [-0.3, -0.25) is 0 Å². The zero-order chi connectivity index (χ0) is 13.3. The lowest BCUT2D eigenvalue weighted by atomic mass is 10.00. The Morgan fingerprint density at radius 2 is 1.83 bits per heavy atom. The first-order valence-electron chi connectivity index (χ1n) is 5.92. The number of hydrogen-bond acceptors (Lipinski definition) is 4. The molecule has 0 saturated carbocycles. The van der Waals surface area contributed by atoms with Crippen LogP contribution in [-0.4, -0.2) is 46.5 Å². The Hall–Kier alpha value is -1.11. The minimum Gasteiger partial charge on any atom is -0.371 e. The summed E-state index contributed by atoms with van der Waals surface area (Å²) in [4.78, 5) is 2.52. The topological polar surface area (TPSA) is 66.6 Å². The van der Waals surface area contributed by atoms with E-state index in [1.165, 1.54) is 18.4 Å². The predicted molar refractivity (Wildman–Crippen MR) is 72.1 cm³/mol. The van der Waals surface area contributed by atoms with Crippen molar-refractivity contribution in [3.05, 3.63) is 24.3 Å². The molecular weight excluding hydrogens is 250 g/mol. The maximum atomic E-state index is 11.9. The number of hydrogen-bond donors (Lipinski definition) is 1. The van der Waals surface area contributed by atoms with Crippen molar-refractivity contribution in [1.29, 1.82) is 0 Å². The molecular formula is C12H19N3O2S. The van der Waals surface area contributed by atoms with E-state index in [4.69, 9.17) is 5.73 Å². The minimum absolute atomic E-state index is 0.326. The summed E-state index contributed by atoms with van der Waals surface area (Å²) in [5, 5.41) is 0. The Morgan fingerprint density at radius 1 is 1.28 bits per heavy atom. The van der Waals surface area contributed by atoms with Crippen LogP contribution in [-0.2, 0) is 10.0 Å². The van der Waals surface area contributed by atoms with E-state index in [0.717, 1.165) is 18.8 Å². The van der Waals surface area contributed by atoms with Crippen molar-refractivity contribution >= 4 is 15.7 Å². The fourth-order valence-corrected chi connectivity index (χ4v) is 2.87. The average Bonchev–Trinajstić information content (AvgIpc) is 2.28. The van der Waals surface area contributed by atoms with Gasteiger partial charge in [-0.05, 0) is 30.8 Å². The molecule has 1 aromatic rings. The monoisotopic (exact) mass is 269 g/mol. The highest BCUT2D eigenvalue weighted by Crippen LogP contribution is 2.25. The molecule has 0 spiro atoms. The average molecular weight is 269 g/mol. The van der Waals surface area contributed by atoms with Crippen LogP contribution in [0, 0.1) is 5.92 Å². The molecule has 1 aliphatic rings. The number of nitrogens with zero attached hydrogens (tertiary/aromatic N) is 2. The Balaban J connectivity index is 2.12. The molecule has 1 aromatic carbocycles. The lowest BCUT2D eigenvalue weighted by molar-refractivity contribution is 0.420. The summed E-state index contributed by atoms with van der Waals surface area (Å²) >= 11 is 0. The van der Waals surface area contributed by atoms with Crippen molar-refractivity contribution < 1.29 is 8.42 Å². The number of anilines is 1. The van der Waals surface area contributed by atoms with Crippen LogP contribution in [0.5, 0.6) is 0 Å². The zero-order valence-electron chi connectivity index (χ0n) is 10.7. The molecule has 2 rings (SSSR count). The third kappa shape index (κ3) is 2.36. The molecule has 1 fully saturated rings. The van der Waals surface area contributed by atoms with Crippen LogP contribution >= 0.6 is 0 Å². The van der Waals surface area contributed by atoms with Crippen molar-refractivity contribution in [3.8, 4) is 0 Å². The predicted octanol–water partition coefficient (Wildman–Crippen LogP) is 0.332. The molecule has 1 saturated heterocycles. The van der Waals surface area contributed by atoms with E-state index in [2.05, 4.69) is 4.90 Å². The molecule has 1 aliphatic heterocycles. The third-order valence-corrected chi connectivity index (χ3v) is 5.10. The summed E-state index contributed by atoms with van der Waals surface area (Å²) in [6, 6.07) is 7.01. The van der Waals surface area contributed by atoms with E-state index in [9.17, 15) is 8.42 Å². The van der Waals surface area contributed by atoms with E-state index in [0.29, 0.717) is 17.4 Å². The van der Waals surface area contributed by atoms with Crippen LogP contribution in [0.4, 0.5) is 5.69 Å². The summed E-state index contributed by atoms with van der Waals surface area (Å²) in [7, 11) is -0.264. The van der Waals surface area contributed by atoms with Crippen molar-refractivity contribution in [1.82, 2.24) is 4.31 Å². The van der Waals surface area contributed by atoms with Crippen LogP contribution in [0.3, 0.4) is 0 Å². The zero-order valence-corrected chi connectivity index (χ0v) is 11.5. The second-order valence-electron chi connectivity index (χ2n) is 4.79. The minimum atomic E-state index is -3.33. The fourth-order valence-electron chi connectivity index (χ4n) is 1.97. The van der Waals surface area contributed by atoms with Crippen molar-refractivity contribution in [2.45, 2.75) is 4.90 Å². The Labute approximate surface area is 108 Å². The normalized spacial score (nSPS) is 17.0. The number of rotatable bonds is 4. The first-order valence-corrected chi connectivity index (χ1v) is 7.36. The molecule has 0 amide bonds. The highest BCUT2D eigenvalue weighted by molar-refractivity contribution is 7.89. The van der Waals surface area contributed by atoms with E-state index >= 15 is 0 Å². The van der Waals surface area contributed by atoms with Gasteiger partial charge in [-0.1, -0.05) is 0 Å². The van der Waals surface area contributed by atoms with E-state index < -0.39 is 10.0 Å². The van der Waals surface area contributed by atoms with Crippen LogP contribution in [0.25, 0.3) is 0 Å². The van der Waals surface area contributed by atoms with Gasteiger partial charge < -0.3 is 10.6 Å². The van der Waals surface area contributed by atoms with Gasteiger partial charge in [0.05, 0.1) is 4.90 Å².